The number of aryl methyl sites for hydroxylation is 2. The first-order chi connectivity index (χ1) is 11.0. The van der Waals surface area contributed by atoms with E-state index >= 15 is 0 Å². The molecule has 0 aliphatic heterocycles. The van der Waals surface area contributed by atoms with Crippen LogP contribution < -0.4 is 5.32 Å². The van der Waals surface area contributed by atoms with Crippen LogP contribution in [0.15, 0.2) is 11.2 Å². The Labute approximate surface area is 141 Å². The minimum Gasteiger partial charge on any atom is -0.353 e. The summed E-state index contributed by atoms with van der Waals surface area (Å²) in [7, 11) is 0. The number of nitrogens with zero attached hydrogens (tertiary/aromatic N) is 4. The second-order valence-corrected chi connectivity index (χ2v) is 6.85. The van der Waals surface area contributed by atoms with Crippen LogP contribution in [-0.2, 0) is 4.79 Å². The average molecular weight is 335 g/mol. The lowest BCUT2D eigenvalue weighted by Gasteiger charge is -2.13. The fourth-order valence-corrected chi connectivity index (χ4v) is 3.31. The van der Waals surface area contributed by atoms with Gasteiger partial charge in [-0.05, 0) is 33.3 Å². The Morgan fingerprint density at radius 1 is 1.35 bits per heavy atom. The summed E-state index contributed by atoms with van der Waals surface area (Å²) in [5, 5.41) is 12.0. The van der Waals surface area contributed by atoms with E-state index in [0.717, 1.165) is 24.2 Å². The van der Waals surface area contributed by atoms with Gasteiger partial charge in [-0.2, -0.15) is 0 Å². The maximum Gasteiger partial charge on any atom is 0.256 e. The average Bonchev–Trinajstić information content (AvgIpc) is 2.88. The van der Waals surface area contributed by atoms with Crippen molar-refractivity contribution in [1.82, 2.24) is 24.9 Å². The van der Waals surface area contributed by atoms with Crippen molar-refractivity contribution < 1.29 is 4.79 Å². The first-order valence-corrected chi connectivity index (χ1v) is 9.11. The van der Waals surface area contributed by atoms with Crippen molar-refractivity contribution in [2.45, 2.75) is 64.6 Å². The van der Waals surface area contributed by atoms with Gasteiger partial charge >= 0.3 is 0 Å². The van der Waals surface area contributed by atoms with Gasteiger partial charge in [0.2, 0.25) is 5.91 Å². The summed E-state index contributed by atoms with van der Waals surface area (Å²) in [5.41, 5.74) is 1.94. The van der Waals surface area contributed by atoms with E-state index in [-0.39, 0.29) is 11.9 Å². The molecule has 0 saturated carbocycles. The van der Waals surface area contributed by atoms with Crippen molar-refractivity contribution in [3.05, 3.63) is 17.5 Å². The van der Waals surface area contributed by atoms with Crippen LogP contribution in [0.1, 0.15) is 50.9 Å². The fraction of sp³-hybridized carbons (Fsp3) is 0.625. The van der Waals surface area contributed by atoms with E-state index in [1.807, 2.05) is 24.3 Å². The second kappa shape index (κ2) is 8.29. The Kier molecular flexibility index (Phi) is 6.38. The third-order valence-electron chi connectivity index (χ3n) is 3.64. The van der Waals surface area contributed by atoms with Crippen LogP contribution in [-0.4, -0.2) is 37.3 Å². The molecule has 2 heterocycles. The van der Waals surface area contributed by atoms with Crippen molar-refractivity contribution in [2.24, 2.45) is 0 Å². The number of carbonyl (C=O) groups excluding carboxylic acids is 1. The lowest BCUT2D eigenvalue weighted by Crippen LogP contribution is -2.33. The maximum absolute atomic E-state index is 12.1. The van der Waals surface area contributed by atoms with Crippen molar-refractivity contribution >= 4 is 23.4 Å². The van der Waals surface area contributed by atoms with E-state index in [0.29, 0.717) is 16.7 Å². The minimum atomic E-state index is 0.0356. The van der Waals surface area contributed by atoms with Gasteiger partial charge in [-0.15, -0.1) is 10.2 Å². The number of thioether (sulfide) groups is 1. The smallest absolute Gasteiger partial charge is 0.256 e. The molecule has 0 radical (unpaired) electrons. The molecular weight excluding hydrogens is 310 g/mol. The molecule has 126 valence electrons. The number of carbonyl (C=O) groups is 1. The number of hydrogen-bond donors (Lipinski definition) is 1. The predicted octanol–water partition coefficient (Wildman–Crippen LogP) is 2.92. The van der Waals surface area contributed by atoms with E-state index in [1.54, 1.807) is 0 Å². The maximum atomic E-state index is 12.1. The molecule has 2 aromatic rings. The molecule has 0 unspecified atom stereocenters. The van der Waals surface area contributed by atoms with Crippen LogP contribution in [0, 0.1) is 13.8 Å². The number of unbranched alkanes of at least 4 members (excludes halogenated alkanes) is 2. The highest BCUT2D eigenvalue weighted by Gasteiger charge is 2.13. The molecule has 0 fully saturated rings. The minimum absolute atomic E-state index is 0.0356. The van der Waals surface area contributed by atoms with Gasteiger partial charge in [0.1, 0.15) is 0 Å². The Morgan fingerprint density at radius 3 is 2.87 bits per heavy atom. The summed E-state index contributed by atoms with van der Waals surface area (Å²) >= 11 is 1.39. The van der Waals surface area contributed by atoms with Crippen LogP contribution in [0.3, 0.4) is 0 Å². The molecule has 1 amide bonds. The van der Waals surface area contributed by atoms with Gasteiger partial charge in [0.05, 0.1) is 5.75 Å². The molecular formula is C16H25N5OS. The van der Waals surface area contributed by atoms with E-state index in [2.05, 4.69) is 34.3 Å². The summed E-state index contributed by atoms with van der Waals surface area (Å²) in [4.78, 5) is 16.4. The predicted molar refractivity (Wildman–Crippen MR) is 92.7 cm³/mol. The lowest BCUT2D eigenvalue weighted by molar-refractivity contribution is -0.119. The van der Waals surface area contributed by atoms with Crippen molar-refractivity contribution in [3.63, 3.8) is 0 Å². The summed E-state index contributed by atoms with van der Waals surface area (Å²) in [6.07, 6.45) is 4.60. The fourth-order valence-electron chi connectivity index (χ4n) is 2.51. The highest BCUT2D eigenvalue weighted by Crippen LogP contribution is 2.18. The van der Waals surface area contributed by atoms with Gasteiger partial charge in [-0.3, -0.25) is 9.20 Å². The standard InChI is InChI=1S/C16H25N5OS/c1-5-6-7-8-11(2)17-14(22)10-23-16-20-19-15-18-12(3)9-13(4)21(15)16/h9,11H,5-8,10H2,1-4H3,(H,17,22)/t11-/m0/s1. The Balaban J connectivity index is 1.90. The van der Waals surface area contributed by atoms with Gasteiger partial charge < -0.3 is 5.32 Å². The first kappa shape index (κ1) is 17.7. The third-order valence-corrected chi connectivity index (χ3v) is 4.57. The molecule has 1 atom stereocenters. The van der Waals surface area contributed by atoms with Crippen molar-refractivity contribution in [1.29, 1.82) is 0 Å². The number of hydrogen-bond acceptors (Lipinski definition) is 5. The zero-order valence-corrected chi connectivity index (χ0v) is 15.1. The summed E-state index contributed by atoms with van der Waals surface area (Å²) < 4.78 is 1.88. The van der Waals surface area contributed by atoms with E-state index in [1.165, 1.54) is 24.6 Å². The van der Waals surface area contributed by atoms with E-state index < -0.39 is 0 Å². The van der Waals surface area contributed by atoms with Crippen LogP contribution in [0.25, 0.3) is 5.78 Å². The van der Waals surface area contributed by atoms with Gasteiger partial charge in [-0.25, -0.2) is 4.98 Å². The molecule has 0 aliphatic carbocycles. The van der Waals surface area contributed by atoms with Gasteiger partial charge in [-0.1, -0.05) is 37.9 Å². The number of aromatic nitrogens is 4. The summed E-state index contributed by atoms with van der Waals surface area (Å²) in [5.74, 6) is 0.957. The second-order valence-electron chi connectivity index (χ2n) is 5.91. The molecule has 0 bridgehead atoms. The normalized spacial score (nSPS) is 12.5. The molecule has 2 rings (SSSR count). The Bertz CT molecular complexity index is 670. The summed E-state index contributed by atoms with van der Waals surface area (Å²) in [6, 6.07) is 2.20. The van der Waals surface area contributed by atoms with Crippen molar-refractivity contribution in [3.8, 4) is 0 Å². The monoisotopic (exact) mass is 335 g/mol. The number of nitrogens with one attached hydrogen (secondary N) is 1. The number of rotatable bonds is 8. The third kappa shape index (κ3) is 4.92. The molecule has 0 saturated heterocycles. The van der Waals surface area contributed by atoms with Gasteiger partial charge in [0, 0.05) is 17.4 Å². The Hall–Kier alpha value is -1.63. The van der Waals surface area contributed by atoms with Crippen LogP contribution >= 0.6 is 11.8 Å². The number of amides is 1. The molecule has 7 heteroatoms. The van der Waals surface area contributed by atoms with E-state index in [4.69, 9.17) is 0 Å². The lowest BCUT2D eigenvalue weighted by atomic mass is 10.1. The Morgan fingerprint density at radius 2 is 2.13 bits per heavy atom. The highest BCUT2D eigenvalue weighted by molar-refractivity contribution is 7.99. The SMILES string of the molecule is CCCCC[C@H](C)NC(=O)CSc1nnc2nc(C)cc(C)n12. The molecule has 1 N–H and O–H groups in total. The van der Waals surface area contributed by atoms with Gasteiger partial charge in [0.25, 0.3) is 5.78 Å². The largest absolute Gasteiger partial charge is 0.353 e. The molecule has 0 aromatic carbocycles. The molecule has 0 spiro atoms. The molecule has 2 aromatic heterocycles. The van der Waals surface area contributed by atoms with Crippen molar-refractivity contribution in [2.75, 3.05) is 5.75 Å². The molecule has 0 aliphatic rings. The summed E-state index contributed by atoms with van der Waals surface area (Å²) in [6.45, 7) is 8.16. The molecule has 23 heavy (non-hydrogen) atoms. The zero-order chi connectivity index (χ0) is 16.8. The van der Waals surface area contributed by atoms with Crippen LogP contribution in [0.5, 0.6) is 0 Å². The highest BCUT2D eigenvalue weighted by atomic mass is 32.2. The van der Waals surface area contributed by atoms with Crippen LogP contribution in [0.4, 0.5) is 0 Å². The number of fused-ring (bicyclic) bond motifs is 1. The van der Waals surface area contributed by atoms with Gasteiger partial charge in [0.15, 0.2) is 5.16 Å². The zero-order valence-electron chi connectivity index (χ0n) is 14.3. The quantitative estimate of drug-likeness (QED) is 0.593. The molecule has 6 nitrogen and oxygen atoms in total. The topological polar surface area (TPSA) is 72.2 Å². The van der Waals surface area contributed by atoms with E-state index in [9.17, 15) is 4.79 Å². The first-order valence-electron chi connectivity index (χ1n) is 8.12. The van der Waals surface area contributed by atoms with Crippen LogP contribution in [0.2, 0.25) is 0 Å².